The van der Waals surface area contributed by atoms with Crippen LogP contribution >= 0.6 is 50.5 Å². The third kappa shape index (κ3) is 40.7. The Kier molecular flexibility index (Phi) is 51.4. The summed E-state index contributed by atoms with van der Waals surface area (Å²) >= 11 is 16.6. The van der Waals surface area contributed by atoms with E-state index in [0.29, 0.717) is 0 Å². The number of imidazole rings is 1. The molecule has 2 fully saturated rings. The number of carbonyl (C=O) groups excluding carboxylic acids is 19. The highest BCUT2D eigenvalue weighted by Gasteiger charge is 2.45. The highest BCUT2D eigenvalue weighted by atomic mass is 32.1. The standard InChI is InChI=1S/C80H131N25O26S4/c1-36(2)24-46(94-72(123)51(32-133)99-71(122)50(30-106)98-67(118)45(17-20-59(110)111)92-70(121)48(26-40-28-86-35-89-40)96-69(120)47(25-37(3)4)95-65(116)42(12-9-21-87-80(84)85)93-76(127)61(38(5)6)102-63(114)41(81)31-132)64(115)88-29-58(109)90-43(15-18-56(82)107)66(117)91-44(16-19-57(83)108)68(119)103-62(39(7)8)78(129)104-22-10-13-54(104)75(126)101-53(34-135)74(125)100-52(33-134)73(124)97-49(27-60(112)113)77(128)105-23-11-14-55(105)79(130)131/h28,35-39,41-55,61-62,106,132-135H,9-27,29-34,81H2,1-8H3,(H2,82,107)(H2,83,108)(H,86,89)(H,88,115)(H,90,109)(H,91,117)(H,92,121)(H,93,127)(H,94,123)(H,95,116)(H,96,120)(H,97,124)(H,98,118)(H,99,122)(H,100,125)(H,101,126)(H,102,114)(H,103,119)(H,110,111)(H,112,113)(H,130,131)(H4,84,85,87)/t41-,42-,43-,44-,45-,46-,47-,48-,49-,50-,51-,52-,53-,54-,55-,61-,62-/m0/s1. The van der Waals surface area contributed by atoms with Crippen molar-refractivity contribution in [3.8, 4) is 0 Å². The van der Waals surface area contributed by atoms with Gasteiger partial charge in [0.2, 0.25) is 112 Å². The summed E-state index contributed by atoms with van der Waals surface area (Å²) in [5, 5.41) is 86.1. The summed E-state index contributed by atoms with van der Waals surface area (Å²) in [6, 6.07) is -26.3. The van der Waals surface area contributed by atoms with Gasteiger partial charge in [-0.2, -0.15) is 50.5 Å². The van der Waals surface area contributed by atoms with E-state index in [1.54, 1.807) is 41.5 Å². The number of aliphatic hydroxyl groups is 1. The van der Waals surface area contributed by atoms with E-state index in [2.05, 4.69) is 146 Å². The van der Waals surface area contributed by atoms with Gasteiger partial charge in [-0.3, -0.25) is 106 Å². The zero-order chi connectivity index (χ0) is 102. The van der Waals surface area contributed by atoms with Crippen LogP contribution in [-0.4, -0.2) is 335 Å². The Labute approximate surface area is 800 Å². The van der Waals surface area contributed by atoms with Crippen molar-refractivity contribution in [2.24, 2.45) is 46.6 Å². The summed E-state index contributed by atoms with van der Waals surface area (Å²) in [6.45, 7) is 10.8. The number of amides is 19. The van der Waals surface area contributed by atoms with E-state index in [4.69, 9.17) is 28.3 Å². The second kappa shape index (κ2) is 59.1. The highest BCUT2D eigenvalue weighted by Crippen LogP contribution is 2.24. The molecule has 1 aromatic rings. The van der Waals surface area contributed by atoms with Crippen LogP contribution in [0.25, 0.3) is 0 Å². The molecule has 0 aromatic carbocycles. The van der Waals surface area contributed by atoms with Gasteiger partial charge >= 0.3 is 17.9 Å². The maximum atomic E-state index is 14.6. The molecule has 0 spiro atoms. The molecule has 756 valence electrons. The number of carboxylic acids is 3. The first-order chi connectivity index (χ1) is 63.4. The number of nitrogens with two attached hydrogens (primary N) is 4. The van der Waals surface area contributed by atoms with Gasteiger partial charge in [0.15, 0.2) is 5.96 Å². The molecule has 51 nitrogen and oxygen atoms in total. The molecule has 2 aliphatic rings. The Morgan fingerprint density at radius 3 is 1.30 bits per heavy atom. The minimum Gasteiger partial charge on any atom is -0.481 e. The second-order valence-electron chi connectivity index (χ2n) is 33.8. The molecule has 17 atom stereocenters. The Balaban J connectivity index is 1.81. The fourth-order valence-corrected chi connectivity index (χ4v) is 14.9. The molecule has 135 heavy (non-hydrogen) atoms. The Hall–Kier alpha value is -11.9. The number of hydrogen-bond acceptors (Lipinski definition) is 30. The van der Waals surface area contributed by atoms with Crippen molar-refractivity contribution < 1.29 is 126 Å². The van der Waals surface area contributed by atoms with Gasteiger partial charge in [0, 0.05) is 80.2 Å². The summed E-state index contributed by atoms with van der Waals surface area (Å²) in [6.07, 6.45) is -2.12. The predicted molar refractivity (Wildman–Crippen MR) is 494 cm³/mol. The number of rotatable bonds is 61. The molecule has 30 N–H and O–H groups in total. The average molecular weight is 1990 g/mol. The van der Waals surface area contributed by atoms with Crippen LogP contribution in [0.5, 0.6) is 0 Å². The number of aromatic nitrogens is 2. The summed E-state index contributed by atoms with van der Waals surface area (Å²) in [4.78, 5) is 307. The highest BCUT2D eigenvalue weighted by molar-refractivity contribution is 7.80. The van der Waals surface area contributed by atoms with Crippen LogP contribution in [0.3, 0.4) is 0 Å². The molecule has 0 saturated carbocycles. The topological polar surface area (TPSA) is 812 Å². The second-order valence-corrected chi connectivity index (χ2v) is 35.2. The van der Waals surface area contributed by atoms with E-state index in [9.17, 15) is 126 Å². The van der Waals surface area contributed by atoms with Crippen LogP contribution in [-0.2, 0) is 112 Å². The van der Waals surface area contributed by atoms with E-state index in [-0.39, 0.29) is 101 Å². The Morgan fingerprint density at radius 2 is 0.844 bits per heavy atom. The van der Waals surface area contributed by atoms with Gasteiger partial charge in [-0.25, -0.2) is 9.78 Å². The molecule has 3 heterocycles. The maximum Gasteiger partial charge on any atom is 0.326 e. The number of aliphatic carboxylic acids is 3. The number of carbonyl (C=O) groups is 22. The van der Waals surface area contributed by atoms with Crippen molar-refractivity contribution in [2.45, 2.75) is 261 Å². The van der Waals surface area contributed by atoms with Crippen LogP contribution in [0.15, 0.2) is 12.5 Å². The van der Waals surface area contributed by atoms with Crippen LogP contribution in [0.4, 0.5) is 0 Å². The van der Waals surface area contributed by atoms with Gasteiger partial charge in [0.05, 0.1) is 31.9 Å². The summed E-state index contributed by atoms with van der Waals surface area (Å²) < 4.78 is 0. The third-order valence-electron chi connectivity index (χ3n) is 21.2. The van der Waals surface area contributed by atoms with Crippen molar-refractivity contribution in [3.63, 3.8) is 0 Å². The normalized spacial score (nSPS) is 16.8. The van der Waals surface area contributed by atoms with Crippen LogP contribution in [0.1, 0.15) is 157 Å². The number of carboxylic acid groups (broad SMARTS) is 3. The number of likely N-dealkylation sites (tertiary alicyclic amines) is 2. The van der Waals surface area contributed by atoms with Crippen molar-refractivity contribution in [3.05, 3.63) is 18.2 Å². The number of nitrogens with zero attached hydrogens (tertiary/aromatic N) is 3. The molecular weight excluding hydrogens is 1860 g/mol. The molecule has 55 heteroatoms. The smallest absolute Gasteiger partial charge is 0.326 e. The zero-order valence-electron chi connectivity index (χ0n) is 76.2. The van der Waals surface area contributed by atoms with Gasteiger partial charge in [-0.15, -0.1) is 0 Å². The van der Waals surface area contributed by atoms with E-state index < -0.39 is 326 Å². The minimum atomic E-state index is -1.98. The average Bonchev–Trinajstić information content (AvgIpc) is 1.54. The predicted octanol–water partition coefficient (Wildman–Crippen LogP) is -9.50. The Bertz CT molecular complexity index is 4330. The first kappa shape index (κ1) is 117. The van der Waals surface area contributed by atoms with Gasteiger partial charge in [-0.1, -0.05) is 55.4 Å². The van der Waals surface area contributed by atoms with Crippen molar-refractivity contribution in [1.29, 1.82) is 5.41 Å². The number of H-pyrrole nitrogens is 1. The lowest BCUT2D eigenvalue weighted by atomic mass is 10.00. The van der Waals surface area contributed by atoms with Gasteiger partial charge in [0.25, 0.3) is 0 Å². The fraction of sp³-hybridized carbons (Fsp3) is 0.675. The van der Waals surface area contributed by atoms with Crippen molar-refractivity contribution in [1.82, 2.24) is 105 Å². The monoisotopic (exact) mass is 1990 g/mol. The van der Waals surface area contributed by atoms with E-state index >= 15 is 0 Å². The largest absolute Gasteiger partial charge is 0.481 e. The summed E-state index contributed by atoms with van der Waals surface area (Å²) in [5.74, 6) is -27.5. The molecule has 1 aromatic heterocycles. The van der Waals surface area contributed by atoms with Gasteiger partial charge in [-0.05, 0) is 94.3 Å². The third-order valence-corrected chi connectivity index (χ3v) is 22.7. The number of primary amides is 2. The molecular formula is C80H131N25O26S4. The minimum absolute atomic E-state index is 0.0194. The number of guanidine groups is 1. The number of aliphatic hydroxyl groups excluding tert-OH is 1. The first-order valence-electron chi connectivity index (χ1n) is 43.6. The van der Waals surface area contributed by atoms with Crippen molar-refractivity contribution in [2.75, 3.05) is 55.8 Å². The molecule has 0 radical (unpaired) electrons. The van der Waals surface area contributed by atoms with E-state index in [1.165, 1.54) is 26.4 Å². The molecule has 0 aliphatic carbocycles. The SMILES string of the molecule is CC(C)C[C@H](NC(=O)[C@H](CS)NC(=O)[C@H](CO)NC(=O)[C@H](CCC(=O)O)NC(=O)[C@H](Cc1cnc[nH]1)NC(=O)[C@H](CC(C)C)NC(=O)[C@H](CCCNC(=N)N)NC(=O)[C@@H](NC(=O)[C@@H](N)CS)C(C)C)C(=O)NCC(=O)N[C@@H](CCC(N)=O)C(=O)N[C@@H](CCC(N)=O)C(=O)N[C@H](C(=O)N1CCC[C@H]1C(=O)N[C@@H](CS)C(=O)N[C@@H](CS)C(=O)N[C@@H](CC(=O)O)C(=O)N1CCC[C@H]1C(=O)O)C(C)C. The lowest BCUT2D eigenvalue weighted by molar-refractivity contribution is -0.150. The fourth-order valence-electron chi connectivity index (χ4n) is 14.0. The molecule has 2 aliphatic heterocycles. The number of aromatic amines is 1. The Morgan fingerprint density at radius 1 is 0.444 bits per heavy atom. The number of hydrogen-bond donors (Lipinski definition) is 30. The van der Waals surface area contributed by atoms with E-state index in [0.717, 1.165) is 9.80 Å². The van der Waals surface area contributed by atoms with Crippen LogP contribution < -0.4 is 108 Å². The van der Waals surface area contributed by atoms with Crippen LogP contribution in [0.2, 0.25) is 0 Å². The van der Waals surface area contributed by atoms with Gasteiger partial charge < -0.3 is 143 Å². The summed E-state index contributed by atoms with van der Waals surface area (Å²) in [7, 11) is 0. The van der Waals surface area contributed by atoms with E-state index in [1.807, 2.05) is 0 Å². The molecule has 2 saturated heterocycles. The van der Waals surface area contributed by atoms with Crippen molar-refractivity contribution >= 4 is 187 Å². The maximum absolute atomic E-state index is 14.6. The number of nitrogens with one attached hydrogen (secondary N) is 18. The first-order valence-corrected chi connectivity index (χ1v) is 46.2. The molecule has 0 unspecified atom stereocenters. The number of thiol groups is 4. The van der Waals surface area contributed by atoms with Crippen LogP contribution in [0, 0.1) is 29.1 Å². The molecule has 3 rings (SSSR count). The lowest BCUT2D eigenvalue weighted by Crippen LogP contribution is -2.61. The van der Waals surface area contributed by atoms with Gasteiger partial charge in [0.1, 0.15) is 96.7 Å². The lowest BCUT2D eigenvalue weighted by Gasteiger charge is -2.32. The summed E-state index contributed by atoms with van der Waals surface area (Å²) in [5.41, 5.74) is 22.4. The molecule has 0 bridgehead atoms. The zero-order valence-corrected chi connectivity index (χ0v) is 79.7. The quantitative estimate of drug-likeness (QED) is 0.0125. The molecule has 19 amide bonds.